The summed E-state index contributed by atoms with van der Waals surface area (Å²) in [5.41, 5.74) is 16.2. The van der Waals surface area contributed by atoms with Crippen molar-refractivity contribution in [3.63, 3.8) is 0 Å². The molecule has 64 heavy (non-hydrogen) atoms. The van der Waals surface area contributed by atoms with Crippen LogP contribution >= 0.6 is 0 Å². The molecule has 4 aromatic heterocycles. The highest BCUT2D eigenvalue weighted by Crippen LogP contribution is 2.63. The highest BCUT2D eigenvalue weighted by molar-refractivity contribution is 6.13. The Balaban J connectivity index is 1.08. The van der Waals surface area contributed by atoms with E-state index in [1.54, 1.807) is 0 Å². The van der Waals surface area contributed by atoms with Crippen molar-refractivity contribution in [1.82, 2.24) is 24.1 Å². The summed E-state index contributed by atoms with van der Waals surface area (Å²) >= 11 is 0. The van der Waals surface area contributed by atoms with Gasteiger partial charge in [-0.3, -0.25) is 9.13 Å². The molecule has 1 spiro atoms. The number of fused-ring (bicyclic) bond motifs is 19. The largest absolute Gasteiger partial charge is 0.455 e. The minimum Gasteiger partial charge on any atom is -0.455 e. The van der Waals surface area contributed by atoms with E-state index in [1.165, 1.54) is 44.5 Å². The van der Waals surface area contributed by atoms with Gasteiger partial charge < -0.3 is 4.42 Å². The molecule has 4 heterocycles. The second kappa shape index (κ2) is 12.3. The van der Waals surface area contributed by atoms with Crippen LogP contribution in [-0.4, -0.2) is 24.1 Å². The first-order chi connectivity index (χ1) is 31.8. The van der Waals surface area contributed by atoms with Crippen LogP contribution in [0.1, 0.15) is 22.3 Å². The molecule has 0 fully saturated rings. The van der Waals surface area contributed by atoms with Gasteiger partial charge >= 0.3 is 0 Å². The zero-order chi connectivity index (χ0) is 41.7. The molecule has 0 saturated carbocycles. The van der Waals surface area contributed by atoms with Crippen LogP contribution < -0.4 is 0 Å². The van der Waals surface area contributed by atoms with E-state index in [-0.39, 0.29) is 0 Å². The number of rotatable bonds is 3. The Morgan fingerprint density at radius 1 is 0.328 bits per heavy atom. The summed E-state index contributed by atoms with van der Waals surface area (Å²) in [6, 6.07) is 71.9. The van der Waals surface area contributed by atoms with Gasteiger partial charge in [0.15, 0.2) is 5.82 Å². The van der Waals surface area contributed by atoms with Crippen molar-refractivity contribution in [3.05, 3.63) is 222 Å². The summed E-state index contributed by atoms with van der Waals surface area (Å²) in [6.45, 7) is 0. The number of hydrogen-bond donors (Lipinski definition) is 0. The third-order valence-electron chi connectivity index (χ3n) is 14.0. The Morgan fingerprint density at radius 3 is 1.39 bits per heavy atom. The minimum atomic E-state index is -0.510. The van der Waals surface area contributed by atoms with Crippen LogP contribution in [0.15, 0.2) is 205 Å². The highest BCUT2D eigenvalue weighted by atomic mass is 16.3. The van der Waals surface area contributed by atoms with Crippen molar-refractivity contribution >= 4 is 65.6 Å². The number of aromatic nitrogens is 5. The topological polar surface area (TPSA) is 61.7 Å². The Bertz CT molecular complexity index is 4070. The Kier molecular flexibility index (Phi) is 6.53. The molecule has 2 aliphatic rings. The average molecular weight is 816 g/mol. The first kappa shape index (κ1) is 34.0. The van der Waals surface area contributed by atoms with Crippen molar-refractivity contribution in [2.24, 2.45) is 0 Å². The molecular weight excluding hydrogens is 783 g/mol. The maximum Gasteiger partial charge on any atom is 0.240 e. The van der Waals surface area contributed by atoms with Crippen molar-refractivity contribution in [2.75, 3.05) is 0 Å². The van der Waals surface area contributed by atoms with Gasteiger partial charge in [-0.15, -0.1) is 0 Å². The lowest BCUT2D eigenvalue weighted by molar-refractivity contribution is 0.669. The molecule has 15 rings (SSSR count). The van der Waals surface area contributed by atoms with Gasteiger partial charge in [0, 0.05) is 32.3 Å². The molecule has 0 bridgehead atoms. The quantitative estimate of drug-likeness (QED) is 0.178. The van der Waals surface area contributed by atoms with Crippen LogP contribution in [0.4, 0.5) is 0 Å². The van der Waals surface area contributed by atoms with Crippen molar-refractivity contribution < 1.29 is 4.42 Å². The molecular formula is C58H33N5O. The normalized spacial score (nSPS) is 13.4. The van der Waals surface area contributed by atoms with E-state index in [2.05, 4.69) is 197 Å². The van der Waals surface area contributed by atoms with Gasteiger partial charge in [0.05, 0.1) is 33.0 Å². The van der Waals surface area contributed by atoms with E-state index in [1.807, 2.05) is 12.1 Å². The molecule has 0 N–H and O–H groups in total. The van der Waals surface area contributed by atoms with Gasteiger partial charge in [-0.2, -0.15) is 15.0 Å². The second-order valence-corrected chi connectivity index (χ2v) is 17.1. The summed E-state index contributed by atoms with van der Waals surface area (Å²) < 4.78 is 11.1. The standard InChI is InChI=1S/C58H33N5O/c1-8-25-45-34(16-1)35-17-2-9-26-46(35)58(45)47-27-10-3-18-36(47)43-32-44-39-21-6-13-30-51(39)63(52(44)33-48(43)58)57-60-55(42-24-15-23-41-40-22-7-14-31-53(40)64-54(41)42)59-56(61-57)62-49-28-11-4-19-37(49)38-20-5-12-29-50(38)62/h1-33H. The fourth-order valence-electron chi connectivity index (χ4n) is 11.5. The zero-order valence-corrected chi connectivity index (χ0v) is 34.2. The molecule has 0 unspecified atom stereocenters. The highest BCUT2D eigenvalue weighted by Gasteiger charge is 2.51. The summed E-state index contributed by atoms with van der Waals surface area (Å²) in [7, 11) is 0. The molecule has 0 saturated heterocycles. The Hall–Kier alpha value is -8.61. The molecule has 2 aliphatic carbocycles. The first-order valence-corrected chi connectivity index (χ1v) is 21.8. The van der Waals surface area contributed by atoms with Gasteiger partial charge in [0.25, 0.3) is 0 Å². The third-order valence-corrected chi connectivity index (χ3v) is 14.0. The van der Waals surface area contributed by atoms with Gasteiger partial charge in [-0.1, -0.05) is 158 Å². The van der Waals surface area contributed by atoms with Gasteiger partial charge in [-0.25, -0.2) is 0 Å². The molecule has 6 nitrogen and oxygen atoms in total. The van der Waals surface area contributed by atoms with E-state index >= 15 is 0 Å². The lowest BCUT2D eigenvalue weighted by atomic mass is 9.70. The molecule has 296 valence electrons. The SMILES string of the molecule is c1ccc2c(c1)-c1ccccc1C21c2ccccc2-c2cc3c4ccccc4n(-c4nc(-c5cccc6c5oc5ccccc56)nc(-n5c6ccccc6c6ccccc65)n4)c3cc21. The smallest absolute Gasteiger partial charge is 0.240 e. The Labute approximate surface area is 366 Å². The summed E-state index contributed by atoms with van der Waals surface area (Å²) in [6.07, 6.45) is 0. The van der Waals surface area contributed by atoms with Crippen molar-refractivity contribution in [2.45, 2.75) is 5.41 Å². The van der Waals surface area contributed by atoms with Crippen LogP contribution in [0, 0.1) is 0 Å². The summed E-state index contributed by atoms with van der Waals surface area (Å²) in [4.78, 5) is 16.4. The average Bonchev–Trinajstić information content (AvgIpc) is 4.14. The summed E-state index contributed by atoms with van der Waals surface area (Å²) in [5, 5.41) is 6.61. The van der Waals surface area contributed by atoms with Gasteiger partial charge in [-0.05, 0) is 87.0 Å². The molecule has 6 heteroatoms. The zero-order valence-electron chi connectivity index (χ0n) is 34.2. The fraction of sp³-hybridized carbons (Fsp3) is 0.0172. The molecule has 0 atom stereocenters. The number of para-hydroxylation sites is 5. The van der Waals surface area contributed by atoms with Crippen molar-refractivity contribution in [1.29, 1.82) is 0 Å². The Morgan fingerprint density at radius 2 is 0.781 bits per heavy atom. The summed E-state index contributed by atoms with van der Waals surface area (Å²) in [5.74, 6) is 1.58. The monoisotopic (exact) mass is 815 g/mol. The second-order valence-electron chi connectivity index (χ2n) is 17.1. The van der Waals surface area contributed by atoms with E-state index < -0.39 is 5.41 Å². The molecule has 13 aromatic rings. The van der Waals surface area contributed by atoms with Crippen LogP contribution in [-0.2, 0) is 5.41 Å². The van der Waals surface area contributed by atoms with Crippen LogP contribution in [0.2, 0.25) is 0 Å². The first-order valence-electron chi connectivity index (χ1n) is 21.8. The number of nitrogens with zero attached hydrogens (tertiary/aromatic N) is 5. The van der Waals surface area contributed by atoms with E-state index in [4.69, 9.17) is 19.4 Å². The minimum absolute atomic E-state index is 0.510. The third kappa shape index (κ3) is 4.22. The number of benzene rings is 9. The molecule has 9 aromatic carbocycles. The van der Waals surface area contributed by atoms with Crippen LogP contribution in [0.5, 0.6) is 0 Å². The number of hydrogen-bond acceptors (Lipinski definition) is 4. The lowest BCUT2D eigenvalue weighted by Gasteiger charge is -2.30. The molecule has 0 radical (unpaired) electrons. The molecule has 0 aliphatic heterocycles. The maximum atomic E-state index is 6.66. The number of furan rings is 1. The van der Waals surface area contributed by atoms with Crippen molar-refractivity contribution in [3.8, 4) is 45.5 Å². The van der Waals surface area contributed by atoms with Crippen LogP contribution in [0.25, 0.3) is 111 Å². The van der Waals surface area contributed by atoms with E-state index in [0.717, 1.165) is 71.1 Å². The van der Waals surface area contributed by atoms with Crippen LogP contribution in [0.3, 0.4) is 0 Å². The predicted molar refractivity (Wildman–Crippen MR) is 258 cm³/mol. The maximum absolute atomic E-state index is 6.66. The molecule has 0 amide bonds. The van der Waals surface area contributed by atoms with E-state index in [9.17, 15) is 0 Å². The van der Waals surface area contributed by atoms with E-state index in [0.29, 0.717) is 17.7 Å². The lowest BCUT2D eigenvalue weighted by Crippen LogP contribution is -2.25. The fourth-order valence-corrected chi connectivity index (χ4v) is 11.5. The predicted octanol–water partition coefficient (Wildman–Crippen LogP) is 14.0. The van der Waals surface area contributed by atoms with Gasteiger partial charge in [0.1, 0.15) is 11.2 Å². The van der Waals surface area contributed by atoms with Gasteiger partial charge in [0.2, 0.25) is 11.9 Å².